The summed E-state index contributed by atoms with van der Waals surface area (Å²) in [7, 11) is 0. The number of amides is 1. The Hall–Kier alpha value is -2.06. The third-order valence-electron chi connectivity index (χ3n) is 4.53. The Bertz CT molecular complexity index is 724. The molecule has 1 spiro atoms. The first-order chi connectivity index (χ1) is 11.6. The summed E-state index contributed by atoms with van der Waals surface area (Å²) in [5, 5.41) is 6.96. The maximum absolute atomic E-state index is 12.9. The number of hydrogen-bond acceptors (Lipinski definition) is 6. The third-order valence-corrected chi connectivity index (χ3v) is 5.22. The highest BCUT2D eigenvalue weighted by Crippen LogP contribution is 2.36. The quantitative estimate of drug-likeness (QED) is 0.921. The molecule has 0 saturated carbocycles. The van der Waals surface area contributed by atoms with Gasteiger partial charge in [0.15, 0.2) is 5.82 Å². The van der Waals surface area contributed by atoms with Gasteiger partial charge in [0.05, 0.1) is 42.8 Å². The van der Waals surface area contributed by atoms with Crippen molar-refractivity contribution in [2.75, 3.05) is 25.0 Å². The summed E-state index contributed by atoms with van der Waals surface area (Å²) in [5.74, 6) is -0.000626. The molecule has 126 valence electrons. The number of aromatic nitrogens is 2. The van der Waals surface area contributed by atoms with Crippen LogP contribution >= 0.6 is 11.3 Å². The van der Waals surface area contributed by atoms with Gasteiger partial charge in [-0.25, -0.2) is 14.4 Å². The Morgan fingerprint density at radius 1 is 1.46 bits per heavy atom. The molecule has 1 N–H and O–H groups in total. The van der Waals surface area contributed by atoms with Crippen molar-refractivity contribution in [3.8, 4) is 0 Å². The molecule has 2 saturated heterocycles. The second-order valence-electron chi connectivity index (χ2n) is 6.25. The highest BCUT2D eigenvalue weighted by atomic mass is 32.1. The number of anilines is 1. The van der Waals surface area contributed by atoms with E-state index in [9.17, 15) is 9.18 Å². The number of ether oxygens (including phenoxy) is 1. The molecule has 2 fully saturated rings. The van der Waals surface area contributed by atoms with E-state index in [0.717, 1.165) is 30.8 Å². The van der Waals surface area contributed by atoms with Gasteiger partial charge in [-0.3, -0.25) is 4.79 Å². The van der Waals surface area contributed by atoms with E-state index in [1.54, 1.807) is 0 Å². The average Bonchev–Trinajstić information content (AvgIpc) is 3.32. The normalized spacial score (nSPS) is 26.2. The zero-order valence-electron chi connectivity index (χ0n) is 12.9. The van der Waals surface area contributed by atoms with Crippen molar-refractivity contribution in [1.82, 2.24) is 14.9 Å². The van der Waals surface area contributed by atoms with Gasteiger partial charge in [0.2, 0.25) is 5.95 Å². The lowest BCUT2D eigenvalue weighted by atomic mass is 9.97. The van der Waals surface area contributed by atoms with Gasteiger partial charge in [0.25, 0.3) is 5.91 Å². The molecule has 4 rings (SSSR count). The topological polar surface area (TPSA) is 67.4 Å². The monoisotopic (exact) mass is 348 g/mol. The third kappa shape index (κ3) is 2.99. The molecule has 2 aliphatic heterocycles. The van der Waals surface area contributed by atoms with E-state index in [2.05, 4.69) is 15.3 Å². The van der Waals surface area contributed by atoms with Crippen LogP contribution in [0.2, 0.25) is 0 Å². The fourth-order valence-corrected chi connectivity index (χ4v) is 4.01. The molecule has 2 atom stereocenters. The van der Waals surface area contributed by atoms with Crippen molar-refractivity contribution in [2.24, 2.45) is 0 Å². The minimum absolute atomic E-state index is 0.0617. The van der Waals surface area contributed by atoms with E-state index in [1.165, 1.54) is 11.3 Å². The van der Waals surface area contributed by atoms with Crippen LogP contribution in [-0.2, 0) is 4.74 Å². The first kappa shape index (κ1) is 15.5. The van der Waals surface area contributed by atoms with E-state index in [1.807, 2.05) is 21.7 Å². The molecule has 0 aromatic carbocycles. The SMILES string of the molecule is O=C(c1ccsc1)N1CC[C@@]2(C[C@@H](Nc3ncc(F)cn3)CO2)C1. The zero-order valence-corrected chi connectivity index (χ0v) is 13.8. The number of likely N-dealkylation sites (tertiary alicyclic amines) is 1. The molecule has 0 bridgehead atoms. The van der Waals surface area contributed by atoms with Crippen LogP contribution in [0.3, 0.4) is 0 Å². The fourth-order valence-electron chi connectivity index (χ4n) is 3.38. The smallest absolute Gasteiger partial charge is 0.254 e. The average molecular weight is 348 g/mol. The number of nitrogens with one attached hydrogen (secondary N) is 1. The Morgan fingerprint density at radius 3 is 3.04 bits per heavy atom. The second kappa shape index (κ2) is 6.10. The van der Waals surface area contributed by atoms with Crippen LogP contribution in [0.1, 0.15) is 23.2 Å². The van der Waals surface area contributed by atoms with Crippen molar-refractivity contribution >= 4 is 23.2 Å². The number of thiophene rings is 1. The van der Waals surface area contributed by atoms with Crippen molar-refractivity contribution in [2.45, 2.75) is 24.5 Å². The van der Waals surface area contributed by atoms with Gasteiger partial charge in [0, 0.05) is 18.3 Å². The van der Waals surface area contributed by atoms with Crippen LogP contribution in [0.4, 0.5) is 10.3 Å². The highest BCUT2D eigenvalue weighted by molar-refractivity contribution is 7.08. The standard InChI is InChI=1S/C16H17FN4O2S/c17-12-6-18-15(19-7-12)20-13-5-16(23-8-13)2-3-21(10-16)14(22)11-1-4-24-9-11/h1,4,6-7,9,13H,2-3,5,8,10H2,(H,18,19,20)/t13-,16-/m1/s1. The fraction of sp³-hybridized carbons (Fsp3) is 0.438. The Balaban J connectivity index is 1.37. The number of hydrogen-bond donors (Lipinski definition) is 1. The molecule has 4 heterocycles. The minimum atomic E-state index is -0.460. The summed E-state index contributed by atoms with van der Waals surface area (Å²) in [4.78, 5) is 22.2. The van der Waals surface area contributed by atoms with Crippen LogP contribution < -0.4 is 5.32 Å². The first-order valence-corrected chi connectivity index (χ1v) is 8.77. The van der Waals surface area contributed by atoms with E-state index in [0.29, 0.717) is 25.6 Å². The van der Waals surface area contributed by atoms with Crippen LogP contribution in [0.5, 0.6) is 0 Å². The Morgan fingerprint density at radius 2 is 2.29 bits per heavy atom. The lowest BCUT2D eigenvalue weighted by molar-refractivity contribution is 0.0125. The second-order valence-corrected chi connectivity index (χ2v) is 7.03. The summed E-state index contributed by atoms with van der Waals surface area (Å²) in [6, 6.07) is 1.91. The molecule has 0 radical (unpaired) electrons. The van der Waals surface area contributed by atoms with Gasteiger partial charge in [0.1, 0.15) is 0 Å². The summed E-state index contributed by atoms with van der Waals surface area (Å²) >= 11 is 1.52. The Kier molecular flexibility index (Phi) is 3.93. The maximum atomic E-state index is 12.9. The lowest BCUT2D eigenvalue weighted by Gasteiger charge is -2.23. The van der Waals surface area contributed by atoms with Gasteiger partial charge in [-0.1, -0.05) is 0 Å². The zero-order chi connectivity index (χ0) is 16.6. The summed E-state index contributed by atoms with van der Waals surface area (Å²) in [6.07, 6.45) is 3.88. The lowest BCUT2D eigenvalue weighted by Crippen LogP contribution is -2.36. The molecule has 1 amide bonds. The highest BCUT2D eigenvalue weighted by Gasteiger charge is 2.47. The predicted molar refractivity (Wildman–Crippen MR) is 87.5 cm³/mol. The summed E-state index contributed by atoms with van der Waals surface area (Å²) in [6.45, 7) is 1.83. The molecule has 2 aromatic heterocycles. The van der Waals surface area contributed by atoms with Crippen molar-refractivity contribution in [3.63, 3.8) is 0 Å². The van der Waals surface area contributed by atoms with Crippen LogP contribution in [-0.4, -0.2) is 52.1 Å². The predicted octanol–water partition coefficient (Wildman–Crippen LogP) is 2.16. The van der Waals surface area contributed by atoms with Gasteiger partial charge >= 0.3 is 0 Å². The molecule has 6 nitrogen and oxygen atoms in total. The largest absolute Gasteiger partial charge is 0.371 e. The number of carbonyl (C=O) groups is 1. The number of halogens is 1. The number of nitrogens with zero attached hydrogens (tertiary/aromatic N) is 3. The molecule has 2 aromatic rings. The molecule has 0 unspecified atom stereocenters. The first-order valence-electron chi connectivity index (χ1n) is 7.83. The molecular weight excluding hydrogens is 331 g/mol. The van der Waals surface area contributed by atoms with Gasteiger partial charge < -0.3 is 15.0 Å². The molecule has 24 heavy (non-hydrogen) atoms. The van der Waals surface area contributed by atoms with Gasteiger partial charge in [-0.15, -0.1) is 0 Å². The van der Waals surface area contributed by atoms with Gasteiger partial charge in [-0.2, -0.15) is 11.3 Å². The summed E-state index contributed by atoms with van der Waals surface area (Å²) < 4.78 is 18.9. The van der Waals surface area contributed by atoms with E-state index >= 15 is 0 Å². The number of rotatable bonds is 3. The van der Waals surface area contributed by atoms with Crippen LogP contribution in [0, 0.1) is 5.82 Å². The molecule has 0 aliphatic carbocycles. The molecular formula is C16H17FN4O2S. The van der Waals surface area contributed by atoms with Crippen LogP contribution in [0.15, 0.2) is 29.2 Å². The van der Waals surface area contributed by atoms with Crippen molar-refractivity contribution in [1.29, 1.82) is 0 Å². The summed E-state index contributed by atoms with van der Waals surface area (Å²) in [5.41, 5.74) is 0.438. The van der Waals surface area contributed by atoms with E-state index < -0.39 is 5.82 Å². The van der Waals surface area contributed by atoms with Crippen molar-refractivity contribution < 1.29 is 13.9 Å². The van der Waals surface area contributed by atoms with Crippen LogP contribution in [0.25, 0.3) is 0 Å². The Labute approximate surface area is 142 Å². The maximum Gasteiger partial charge on any atom is 0.254 e. The molecule has 8 heteroatoms. The number of carbonyl (C=O) groups excluding carboxylic acids is 1. The van der Waals surface area contributed by atoms with E-state index in [-0.39, 0.29) is 17.6 Å². The van der Waals surface area contributed by atoms with Crippen molar-refractivity contribution in [3.05, 3.63) is 40.6 Å². The van der Waals surface area contributed by atoms with Gasteiger partial charge in [-0.05, 0) is 17.9 Å². The minimum Gasteiger partial charge on any atom is -0.371 e. The van der Waals surface area contributed by atoms with E-state index in [4.69, 9.17) is 4.74 Å². The molecule has 2 aliphatic rings.